The lowest BCUT2D eigenvalue weighted by Gasteiger charge is -2.25. The summed E-state index contributed by atoms with van der Waals surface area (Å²) in [7, 11) is 0. The first-order chi connectivity index (χ1) is 6.77. The Morgan fingerprint density at radius 3 is 2.71 bits per heavy atom. The van der Waals surface area contributed by atoms with Crippen LogP contribution in [-0.2, 0) is 0 Å². The van der Waals surface area contributed by atoms with E-state index in [4.69, 9.17) is 0 Å². The third-order valence-corrected chi connectivity index (χ3v) is 3.98. The smallest absolute Gasteiger partial charge is 0.0926 e. The summed E-state index contributed by atoms with van der Waals surface area (Å²) in [5, 5.41) is 10.1. The van der Waals surface area contributed by atoms with Gasteiger partial charge < -0.3 is 5.11 Å². The van der Waals surface area contributed by atoms with Gasteiger partial charge in [0.25, 0.3) is 0 Å². The number of aliphatic hydroxyl groups excluding tert-OH is 1. The van der Waals surface area contributed by atoms with Crippen molar-refractivity contribution in [1.29, 1.82) is 0 Å². The highest BCUT2D eigenvalue weighted by molar-refractivity contribution is 7.05. The molecule has 1 heterocycles. The van der Waals surface area contributed by atoms with Crippen molar-refractivity contribution in [3.8, 4) is 0 Å². The summed E-state index contributed by atoms with van der Waals surface area (Å²) in [5.74, 6) is 0.476. The van der Waals surface area contributed by atoms with Gasteiger partial charge in [0, 0.05) is 0 Å². The summed E-state index contributed by atoms with van der Waals surface area (Å²) in [6.07, 6.45) is 5.99. The van der Waals surface area contributed by atoms with Crippen LogP contribution in [0.3, 0.4) is 0 Å². The second-order valence-corrected chi connectivity index (χ2v) is 5.05. The van der Waals surface area contributed by atoms with Crippen molar-refractivity contribution < 1.29 is 5.11 Å². The molecule has 0 bridgehead atoms. The lowest BCUT2D eigenvalue weighted by Crippen LogP contribution is -2.14. The topological polar surface area (TPSA) is 33.1 Å². The second kappa shape index (κ2) is 4.41. The first-order valence-corrected chi connectivity index (χ1v) is 6.16. The average Bonchev–Trinajstić information content (AvgIpc) is 2.65. The Morgan fingerprint density at radius 1 is 1.43 bits per heavy atom. The predicted octanol–water partition coefficient (Wildman–Crippen LogP) is 3.07. The van der Waals surface area contributed by atoms with Gasteiger partial charge in [0.15, 0.2) is 0 Å². The van der Waals surface area contributed by atoms with Crippen molar-refractivity contribution in [3.05, 3.63) is 16.6 Å². The van der Waals surface area contributed by atoms with Crippen LogP contribution in [0.15, 0.2) is 6.07 Å². The Labute approximate surface area is 89.1 Å². The van der Waals surface area contributed by atoms with E-state index in [0.717, 1.165) is 10.6 Å². The molecule has 0 spiro atoms. The second-order valence-electron chi connectivity index (χ2n) is 4.21. The molecule has 0 amide bonds. The van der Waals surface area contributed by atoms with E-state index in [0.29, 0.717) is 5.92 Å². The lowest BCUT2D eigenvalue weighted by molar-refractivity contribution is 0.0879. The SMILES string of the molecule is Cc1cc(C(O)C2CCCCC2)sn1. The summed E-state index contributed by atoms with van der Waals surface area (Å²) in [5.41, 5.74) is 1.03. The molecule has 2 rings (SSSR count). The van der Waals surface area contributed by atoms with Gasteiger partial charge in [-0.25, -0.2) is 0 Å². The highest BCUT2D eigenvalue weighted by Gasteiger charge is 2.24. The first-order valence-electron chi connectivity index (χ1n) is 5.38. The van der Waals surface area contributed by atoms with Crippen molar-refractivity contribution >= 4 is 11.5 Å². The maximum atomic E-state index is 10.1. The Bertz CT molecular complexity index is 291. The normalized spacial score (nSPS) is 21.0. The molecular formula is C11H17NOS. The summed E-state index contributed by atoms with van der Waals surface area (Å²) < 4.78 is 4.21. The average molecular weight is 211 g/mol. The van der Waals surface area contributed by atoms with Crippen molar-refractivity contribution in [1.82, 2.24) is 4.37 Å². The van der Waals surface area contributed by atoms with E-state index >= 15 is 0 Å². The van der Waals surface area contributed by atoms with Crippen LogP contribution in [0.4, 0.5) is 0 Å². The Balaban J connectivity index is 2.03. The van der Waals surface area contributed by atoms with Gasteiger partial charge in [-0.1, -0.05) is 19.3 Å². The van der Waals surface area contributed by atoms with Gasteiger partial charge in [0.2, 0.25) is 0 Å². The van der Waals surface area contributed by atoms with Crippen LogP contribution in [0.5, 0.6) is 0 Å². The van der Waals surface area contributed by atoms with Gasteiger partial charge in [-0.3, -0.25) is 0 Å². The van der Waals surface area contributed by atoms with Crippen molar-refractivity contribution in [2.75, 3.05) is 0 Å². The lowest BCUT2D eigenvalue weighted by atomic mass is 9.85. The van der Waals surface area contributed by atoms with Crippen molar-refractivity contribution in [2.24, 2.45) is 5.92 Å². The van der Waals surface area contributed by atoms with Gasteiger partial charge in [-0.15, -0.1) is 0 Å². The molecule has 1 fully saturated rings. The third-order valence-electron chi connectivity index (χ3n) is 3.03. The number of aliphatic hydroxyl groups is 1. The Morgan fingerprint density at radius 2 is 2.14 bits per heavy atom. The largest absolute Gasteiger partial charge is 0.387 e. The molecule has 1 saturated carbocycles. The molecule has 1 aliphatic rings. The zero-order valence-electron chi connectivity index (χ0n) is 8.57. The van der Waals surface area contributed by atoms with Gasteiger partial charge in [0.1, 0.15) is 0 Å². The molecule has 3 heteroatoms. The molecule has 1 N–H and O–H groups in total. The van der Waals surface area contributed by atoms with Crippen LogP contribution in [-0.4, -0.2) is 9.48 Å². The van der Waals surface area contributed by atoms with E-state index in [-0.39, 0.29) is 6.10 Å². The number of nitrogens with zero attached hydrogens (tertiary/aromatic N) is 1. The number of aryl methyl sites for hydroxylation is 1. The third kappa shape index (κ3) is 2.15. The van der Waals surface area contributed by atoms with Gasteiger partial charge in [-0.05, 0) is 43.3 Å². The van der Waals surface area contributed by atoms with E-state index < -0.39 is 0 Å². The molecule has 1 aromatic heterocycles. The molecule has 2 nitrogen and oxygen atoms in total. The minimum Gasteiger partial charge on any atom is -0.387 e. The molecule has 1 atom stereocenters. The van der Waals surface area contributed by atoms with Crippen LogP contribution in [0.25, 0.3) is 0 Å². The summed E-state index contributed by atoms with van der Waals surface area (Å²) in [6.45, 7) is 1.98. The monoisotopic (exact) mass is 211 g/mol. The molecule has 0 aliphatic heterocycles. The predicted molar refractivity (Wildman–Crippen MR) is 58.4 cm³/mol. The Hall–Kier alpha value is -0.410. The summed E-state index contributed by atoms with van der Waals surface area (Å²) in [6, 6.07) is 2.02. The van der Waals surface area contributed by atoms with Crippen LogP contribution in [0.2, 0.25) is 0 Å². The highest BCUT2D eigenvalue weighted by Crippen LogP contribution is 2.35. The fourth-order valence-electron chi connectivity index (χ4n) is 2.20. The molecule has 78 valence electrons. The summed E-state index contributed by atoms with van der Waals surface area (Å²) >= 11 is 1.45. The molecule has 1 unspecified atom stereocenters. The highest BCUT2D eigenvalue weighted by atomic mass is 32.1. The molecule has 1 aliphatic carbocycles. The van der Waals surface area contributed by atoms with E-state index in [9.17, 15) is 5.11 Å². The number of rotatable bonds is 2. The maximum Gasteiger partial charge on any atom is 0.0926 e. The van der Waals surface area contributed by atoms with Gasteiger partial charge >= 0.3 is 0 Å². The van der Waals surface area contributed by atoms with Crippen LogP contribution in [0, 0.1) is 12.8 Å². The zero-order chi connectivity index (χ0) is 9.97. The number of hydrogen-bond donors (Lipinski definition) is 1. The number of aromatic nitrogens is 1. The van der Waals surface area contributed by atoms with Gasteiger partial charge in [-0.2, -0.15) is 4.37 Å². The molecule has 1 aromatic rings. The van der Waals surface area contributed by atoms with E-state index in [1.807, 2.05) is 13.0 Å². The zero-order valence-corrected chi connectivity index (χ0v) is 9.39. The molecule has 0 radical (unpaired) electrons. The van der Waals surface area contributed by atoms with Crippen LogP contribution in [0.1, 0.15) is 48.8 Å². The molecular weight excluding hydrogens is 194 g/mol. The standard InChI is InChI=1S/C11H17NOS/c1-8-7-10(14-12-8)11(13)9-5-3-2-4-6-9/h7,9,11,13H,2-6H2,1H3. The maximum absolute atomic E-state index is 10.1. The first kappa shape index (κ1) is 10.1. The number of hydrogen-bond acceptors (Lipinski definition) is 3. The quantitative estimate of drug-likeness (QED) is 0.815. The van der Waals surface area contributed by atoms with Gasteiger partial charge in [0.05, 0.1) is 16.7 Å². The molecule has 14 heavy (non-hydrogen) atoms. The Kier molecular flexibility index (Phi) is 3.19. The molecule has 0 aromatic carbocycles. The summed E-state index contributed by atoms with van der Waals surface area (Å²) in [4.78, 5) is 1.05. The van der Waals surface area contributed by atoms with E-state index in [2.05, 4.69) is 4.37 Å². The minimum atomic E-state index is -0.263. The minimum absolute atomic E-state index is 0.263. The van der Waals surface area contributed by atoms with Crippen molar-refractivity contribution in [3.63, 3.8) is 0 Å². The van der Waals surface area contributed by atoms with Crippen molar-refractivity contribution in [2.45, 2.75) is 45.1 Å². The molecule has 0 saturated heterocycles. The van der Waals surface area contributed by atoms with Crippen LogP contribution >= 0.6 is 11.5 Å². The van der Waals surface area contributed by atoms with E-state index in [1.54, 1.807) is 0 Å². The fraction of sp³-hybridized carbons (Fsp3) is 0.727. The van der Waals surface area contributed by atoms with Crippen LogP contribution < -0.4 is 0 Å². The van der Waals surface area contributed by atoms with E-state index in [1.165, 1.54) is 43.6 Å². The fourth-order valence-corrected chi connectivity index (χ4v) is 3.03.